The second kappa shape index (κ2) is 7.02. The third-order valence-corrected chi connectivity index (χ3v) is 3.96. The van der Waals surface area contributed by atoms with Crippen molar-refractivity contribution in [3.05, 3.63) is 35.9 Å². The first-order valence-corrected chi connectivity index (χ1v) is 8.02. The summed E-state index contributed by atoms with van der Waals surface area (Å²) in [5.74, 6) is -0.713. The van der Waals surface area contributed by atoms with Gasteiger partial charge in [0.25, 0.3) is 0 Å². The number of likely N-dealkylation sites (tertiary alicyclic amines) is 1. The lowest BCUT2D eigenvalue weighted by Crippen LogP contribution is -2.52. The Morgan fingerprint density at radius 3 is 2.43 bits per heavy atom. The average molecular weight is 319 g/mol. The van der Waals surface area contributed by atoms with Crippen LogP contribution in [0.15, 0.2) is 30.3 Å². The van der Waals surface area contributed by atoms with Crippen molar-refractivity contribution >= 4 is 12.1 Å². The molecule has 5 nitrogen and oxygen atoms in total. The topological polar surface area (TPSA) is 66.8 Å². The van der Waals surface area contributed by atoms with Crippen LogP contribution in [0.5, 0.6) is 0 Å². The van der Waals surface area contributed by atoms with Gasteiger partial charge in [-0.05, 0) is 51.5 Å². The summed E-state index contributed by atoms with van der Waals surface area (Å²) in [4.78, 5) is 25.2. The zero-order valence-corrected chi connectivity index (χ0v) is 14.0. The van der Waals surface area contributed by atoms with E-state index in [1.54, 1.807) is 20.8 Å². The highest BCUT2D eigenvalue weighted by Crippen LogP contribution is 2.27. The molecule has 1 aromatic rings. The molecule has 0 aliphatic carbocycles. The van der Waals surface area contributed by atoms with Crippen LogP contribution in [0.4, 0.5) is 4.79 Å². The number of benzene rings is 1. The summed E-state index contributed by atoms with van der Waals surface area (Å²) >= 11 is 0. The Balaban J connectivity index is 2.08. The Kier molecular flexibility index (Phi) is 5.29. The molecule has 1 aliphatic heterocycles. The lowest BCUT2D eigenvalue weighted by Gasteiger charge is -2.38. The van der Waals surface area contributed by atoms with Gasteiger partial charge < -0.3 is 9.84 Å². The molecule has 0 radical (unpaired) electrons. The van der Waals surface area contributed by atoms with Gasteiger partial charge in [0.05, 0.1) is 0 Å². The molecule has 23 heavy (non-hydrogen) atoms. The fourth-order valence-electron chi connectivity index (χ4n) is 2.94. The van der Waals surface area contributed by atoms with Crippen LogP contribution in [-0.2, 0) is 16.0 Å². The summed E-state index contributed by atoms with van der Waals surface area (Å²) in [6, 6.07) is 9.27. The zero-order valence-electron chi connectivity index (χ0n) is 14.0. The summed E-state index contributed by atoms with van der Waals surface area (Å²) in [6.45, 7) is 5.77. The molecule has 1 saturated heterocycles. The Labute approximate surface area is 137 Å². The smallest absolute Gasteiger partial charge is 0.411 e. The molecule has 1 amide bonds. The molecule has 0 spiro atoms. The van der Waals surface area contributed by atoms with Gasteiger partial charge in [-0.3, -0.25) is 4.90 Å². The number of hydrogen-bond acceptors (Lipinski definition) is 3. The number of aliphatic carboxylic acids is 1. The van der Waals surface area contributed by atoms with Crippen molar-refractivity contribution in [1.29, 1.82) is 0 Å². The van der Waals surface area contributed by atoms with Gasteiger partial charge in [0.1, 0.15) is 11.6 Å². The van der Waals surface area contributed by atoms with Crippen LogP contribution in [-0.4, -0.2) is 40.3 Å². The van der Waals surface area contributed by atoms with Crippen LogP contribution < -0.4 is 0 Å². The Hall–Kier alpha value is -2.04. The van der Waals surface area contributed by atoms with Crippen molar-refractivity contribution in [1.82, 2.24) is 4.90 Å². The van der Waals surface area contributed by atoms with E-state index in [9.17, 15) is 14.7 Å². The highest BCUT2D eigenvalue weighted by molar-refractivity contribution is 5.80. The van der Waals surface area contributed by atoms with E-state index >= 15 is 0 Å². The van der Waals surface area contributed by atoms with E-state index in [0.29, 0.717) is 13.0 Å². The Bertz CT molecular complexity index is 550. The molecule has 2 rings (SSSR count). The molecule has 0 saturated carbocycles. The maximum absolute atomic E-state index is 12.4. The molecule has 1 aromatic carbocycles. The van der Waals surface area contributed by atoms with Crippen molar-refractivity contribution in [3.63, 3.8) is 0 Å². The van der Waals surface area contributed by atoms with Gasteiger partial charge in [-0.15, -0.1) is 0 Å². The maximum Gasteiger partial charge on any atom is 0.411 e. The van der Waals surface area contributed by atoms with Crippen molar-refractivity contribution < 1.29 is 19.4 Å². The van der Waals surface area contributed by atoms with Crippen LogP contribution in [0.2, 0.25) is 0 Å². The first kappa shape index (κ1) is 17.3. The molecule has 1 heterocycles. The first-order valence-electron chi connectivity index (χ1n) is 8.02. The van der Waals surface area contributed by atoms with E-state index in [-0.39, 0.29) is 5.92 Å². The normalized spacial score (nSPS) is 21.8. The van der Waals surface area contributed by atoms with E-state index < -0.39 is 23.7 Å². The second-order valence-corrected chi connectivity index (χ2v) is 7.12. The highest BCUT2D eigenvalue weighted by atomic mass is 16.6. The van der Waals surface area contributed by atoms with Gasteiger partial charge in [-0.2, -0.15) is 0 Å². The third kappa shape index (κ3) is 4.98. The Morgan fingerprint density at radius 1 is 1.22 bits per heavy atom. The molecular weight excluding hydrogens is 294 g/mol. The molecule has 1 fully saturated rings. The second-order valence-electron chi connectivity index (χ2n) is 7.12. The molecule has 126 valence electrons. The van der Waals surface area contributed by atoms with Gasteiger partial charge in [-0.25, -0.2) is 9.59 Å². The van der Waals surface area contributed by atoms with Crippen molar-refractivity contribution in [2.24, 2.45) is 5.92 Å². The number of hydrogen-bond donors (Lipinski definition) is 1. The summed E-state index contributed by atoms with van der Waals surface area (Å²) < 4.78 is 5.38. The molecular formula is C18H25NO4. The number of carbonyl (C=O) groups is 2. The average Bonchev–Trinajstić information content (AvgIpc) is 2.46. The predicted octanol–water partition coefficient (Wildman–Crippen LogP) is 3.33. The predicted molar refractivity (Wildman–Crippen MR) is 87.2 cm³/mol. The molecule has 0 aromatic heterocycles. The number of piperidine rings is 1. The minimum absolute atomic E-state index is 0.250. The molecule has 1 N–H and O–H groups in total. The molecule has 1 aliphatic rings. The van der Waals surface area contributed by atoms with E-state index in [1.165, 1.54) is 10.5 Å². The van der Waals surface area contributed by atoms with Crippen LogP contribution >= 0.6 is 0 Å². The van der Waals surface area contributed by atoms with Crippen LogP contribution in [0.3, 0.4) is 0 Å². The number of carboxylic acid groups (broad SMARTS) is 1. The Morgan fingerprint density at radius 2 is 1.87 bits per heavy atom. The van der Waals surface area contributed by atoms with Crippen molar-refractivity contribution in [3.8, 4) is 0 Å². The lowest BCUT2D eigenvalue weighted by molar-refractivity contribution is -0.145. The highest BCUT2D eigenvalue weighted by Gasteiger charge is 2.38. The number of amides is 1. The summed E-state index contributed by atoms with van der Waals surface area (Å²) in [7, 11) is 0. The van der Waals surface area contributed by atoms with E-state index in [2.05, 4.69) is 12.1 Å². The minimum atomic E-state index is -0.964. The molecule has 2 atom stereocenters. The monoisotopic (exact) mass is 319 g/mol. The standard InChI is InChI=1S/C18H25NO4/c1-18(2,3)23-17(22)19-12-14(9-10-15(19)16(20)21)11-13-7-5-4-6-8-13/h4-8,14-15H,9-12H2,1-3H3,(H,20,21)/t14-,15-/m0/s1. The van der Waals surface area contributed by atoms with Gasteiger partial charge in [-0.1, -0.05) is 30.3 Å². The summed E-state index contributed by atoms with van der Waals surface area (Å²) in [5, 5.41) is 9.38. The number of carboxylic acids is 1. The summed E-state index contributed by atoms with van der Waals surface area (Å²) in [6.07, 6.45) is 1.56. The summed E-state index contributed by atoms with van der Waals surface area (Å²) in [5.41, 5.74) is 0.572. The van der Waals surface area contributed by atoms with Gasteiger partial charge in [0.15, 0.2) is 0 Å². The van der Waals surface area contributed by atoms with Crippen molar-refractivity contribution in [2.75, 3.05) is 6.54 Å². The van der Waals surface area contributed by atoms with Crippen LogP contribution in [0.1, 0.15) is 39.2 Å². The number of ether oxygens (including phenoxy) is 1. The fraction of sp³-hybridized carbons (Fsp3) is 0.556. The zero-order chi connectivity index (χ0) is 17.0. The van der Waals surface area contributed by atoms with Gasteiger partial charge >= 0.3 is 12.1 Å². The quantitative estimate of drug-likeness (QED) is 0.928. The van der Waals surface area contributed by atoms with Crippen LogP contribution in [0, 0.1) is 5.92 Å². The third-order valence-electron chi connectivity index (χ3n) is 3.96. The van der Waals surface area contributed by atoms with E-state index in [1.807, 2.05) is 18.2 Å². The van der Waals surface area contributed by atoms with Gasteiger partial charge in [0.2, 0.25) is 0 Å². The van der Waals surface area contributed by atoms with Crippen LogP contribution in [0.25, 0.3) is 0 Å². The molecule has 0 unspecified atom stereocenters. The molecule has 0 bridgehead atoms. The maximum atomic E-state index is 12.4. The first-order chi connectivity index (χ1) is 10.8. The number of rotatable bonds is 3. The fourth-order valence-corrected chi connectivity index (χ4v) is 2.94. The number of nitrogens with zero attached hydrogens (tertiary/aromatic N) is 1. The van der Waals surface area contributed by atoms with E-state index in [0.717, 1.165) is 12.8 Å². The molecule has 5 heteroatoms. The largest absolute Gasteiger partial charge is 0.480 e. The van der Waals surface area contributed by atoms with E-state index in [4.69, 9.17) is 4.74 Å². The van der Waals surface area contributed by atoms with Crippen molar-refractivity contribution in [2.45, 2.75) is 51.7 Å². The SMILES string of the molecule is CC(C)(C)OC(=O)N1C[C@H](Cc2ccccc2)CC[C@H]1C(=O)O. The number of carbonyl (C=O) groups excluding carboxylic acids is 1. The lowest BCUT2D eigenvalue weighted by atomic mass is 9.88. The van der Waals surface area contributed by atoms with Gasteiger partial charge in [0, 0.05) is 6.54 Å². The minimum Gasteiger partial charge on any atom is -0.480 e.